The quantitative estimate of drug-likeness (QED) is 0.131. The van der Waals surface area contributed by atoms with Crippen molar-refractivity contribution in [2.45, 2.75) is 95.7 Å². The van der Waals surface area contributed by atoms with Gasteiger partial charge in [-0.3, -0.25) is 29.0 Å². The Hall–Kier alpha value is -5.15. The third kappa shape index (κ3) is 7.70. The molecule has 14 heteroatoms. The number of nitrogens with two attached hydrogens (primary N) is 2. The van der Waals surface area contributed by atoms with Gasteiger partial charge in [-0.1, -0.05) is 55.8 Å². The van der Waals surface area contributed by atoms with Crippen molar-refractivity contribution in [1.82, 2.24) is 0 Å². The van der Waals surface area contributed by atoms with Gasteiger partial charge in [-0.15, -0.1) is 0 Å². The number of nitrogens with zero attached hydrogens (tertiary/aromatic N) is 1. The van der Waals surface area contributed by atoms with Crippen LogP contribution < -0.4 is 16.8 Å². The highest BCUT2D eigenvalue weighted by Gasteiger charge is 2.75. The van der Waals surface area contributed by atoms with Gasteiger partial charge in [0.1, 0.15) is 18.2 Å². The van der Waals surface area contributed by atoms with Gasteiger partial charge in [0.15, 0.2) is 18.1 Å². The number of aryl methyl sites for hydroxylation is 1. The molecule has 6 rings (SSSR count). The number of rotatable bonds is 14. The zero-order valence-corrected chi connectivity index (χ0v) is 34.5. The molecule has 2 aromatic carbocycles. The SMILES string of the molecule is C=N/C=C\c1cc(NC(=O)[C@H](CN)c2ccc(COC(=O)[C@@H](N)CC(=O)OCC(=O)[C@@]3(O)[C@H](C)C[C@H]4[C@@H]5CCC6=CC(=O)C=C[C@]6(C)[C@@]5(F)[C@@H](O)C[C@@]43C)cc2)ccc1C. The van der Waals surface area contributed by atoms with E-state index in [2.05, 4.69) is 17.0 Å². The summed E-state index contributed by atoms with van der Waals surface area (Å²) in [7, 11) is 0. The van der Waals surface area contributed by atoms with E-state index in [0.717, 1.165) is 11.1 Å². The standard InChI is InChI=1S/C46H55FN4O9/c1-26-6-12-32(19-30(26)15-17-50-5)51-41(56)34(23-48)29-9-7-28(8-10-29)24-60-42(57)37(49)21-40(55)59-25-39(54)46(58)27(2)18-36-35-13-11-31-20-33(52)14-16-43(31,3)45(35,47)38(53)22-44(36,46)4/h6-10,12,14-17,19-20,27,34-38,53,58H,5,11,13,18,21-25,48-49H2,1-4H3,(H,51,56)/b17-15-/t27-,34-,35+,36+,37+,38+,43+,44+,45+,46+/m1/s1. The molecule has 7 N–H and O–H groups in total. The first-order valence-electron chi connectivity index (χ1n) is 20.3. The van der Waals surface area contributed by atoms with Crippen LogP contribution in [0, 0.1) is 35.5 Å². The molecule has 0 spiro atoms. The summed E-state index contributed by atoms with van der Waals surface area (Å²) in [5.41, 5.74) is 9.64. The molecule has 13 nitrogen and oxygen atoms in total. The number of halogens is 1. The number of hydrogen-bond donors (Lipinski definition) is 5. The molecular weight excluding hydrogens is 772 g/mol. The summed E-state index contributed by atoms with van der Waals surface area (Å²) in [6.07, 6.45) is 6.37. The minimum absolute atomic E-state index is 0.0400. The van der Waals surface area contributed by atoms with Crippen molar-refractivity contribution < 1.29 is 48.0 Å². The summed E-state index contributed by atoms with van der Waals surface area (Å²) in [6.45, 7) is 9.51. The van der Waals surface area contributed by atoms with Crippen molar-refractivity contribution >= 4 is 47.9 Å². The lowest BCUT2D eigenvalue weighted by atomic mass is 9.44. The minimum Gasteiger partial charge on any atom is -0.460 e. The first-order valence-corrected chi connectivity index (χ1v) is 20.3. The average Bonchev–Trinajstić information content (AvgIpc) is 3.41. The molecule has 0 saturated heterocycles. The van der Waals surface area contributed by atoms with E-state index < -0.39 is 88.7 Å². The second-order valence-electron chi connectivity index (χ2n) is 17.3. The molecule has 2 aromatic rings. The highest BCUT2D eigenvalue weighted by atomic mass is 19.1. The molecule has 320 valence electrons. The number of alkyl halides is 1. The van der Waals surface area contributed by atoms with Gasteiger partial charge in [0.05, 0.1) is 18.4 Å². The molecule has 3 saturated carbocycles. The number of esters is 2. The number of ketones is 2. The van der Waals surface area contributed by atoms with Crippen LogP contribution in [0.2, 0.25) is 0 Å². The second-order valence-corrected chi connectivity index (χ2v) is 17.3. The van der Waals surface area contributed by atoms with Crippen molar-refractivity contribution in [2.75, 3.05) is 18.5 Å². The third-order valence-electron chi connectivity index (χ3n) is 13.9. The molecule has 3 fully saturated rings. The molecule has 1 amide bonds. The van der Waals surface area contributed by atoms with Gasteiger partial charge in [0.25, 0.3) is 0 Å². The van der Waals surface area contributed by atoms with Gasteiger partial charge in [0.2, 0.25) is 11.7 Å². The van der Waals surface area contributed by atoms with E-state index in [4.69, 9.17) is 20.9 Å². The van der Waals surface area contributed by atoms with E-state index in [0.29, 0.717) is 41.6 Å². The molecule has 4 aliphatic rings. The Morgan fingerprint density at radius 1 is 1.12 bits per heavy atom. The Balaban J connectivity index is 1.00. The summed E-state index contributed by atoms with van der Waals surface area (Å²) in [6, 6.07) is 10.8. The highest BCUT2D eigenvalue weighted by Crippen LogP contribution is 2.70. The number of carbonyl (C=O) groups excluding carboxylic acids is 5. The number of aliphatic hydroxyl groups is 2. The van der Waals surface area contributed by atoms with E-state index >= 15 is 4.39 Å². The fourth-order valence-corrected chi connectivity index (χ4v) is 10.5. The number of benzene rings is 2. The maximum absolute atomic E-state index is 17.5. The van der Waals surface area contributed by atoms with E-state index in [1.54, 1.807) is 69.5 Å². The number of nitrogens with one attached hydrogen (secondary N) is 1. The zero-order valence-electron chi connectivity index (χ0n) is 34.5. The molecule has 0 bridgehead atoms. The molecule has 0 heterocycles. The molecule has 0 radical (unpaired) electrons. The van der Waals surface area contributed by atoms with Crippen LogP contribution in [0.3, 0.4) is 0 Å². The van der Waals surface area contributed by atoms with Crippen LogP contribution in [0.5, 0.6) is 0 Å². The zero-order chi connectivity index (χ0) is 43.8. The van der Waals surface area contributed by atoms with Gasteiger partial charge in [-0.2, -0.15) is 0 Å². The predicted molar refractivity (Wildman–Crippen MR) is 223 cm³/mol. The molecular formula is C46H55FN4O9. The lowest BCUT2D eigenvalue weighted by molar-refractivity contribution is -0.220. The largest absolute Gasteiger partial charge is 0.460 e. The predicted octanol–water partition coefficient (Wildman–Crippen LogP) is 4.57. The number of hydrogen-bond acceptors (Lipinski definition) is 12. The van der Waals surface area contributed by atoms with Crippen molar-refractivity contribution in [2.24, 2.45) is 45.0 Å². The lowest BCUT2D eigenvalue weighted by Crippen LogP contribution is -2.69. The number of aliphatic imine (C=N–C) groups is 1. The van der Waals surface area contributed by atoms with E-state index in [1.165, 1.54) is 12.2 Å². The first-order chi connectivity index (χ1) is 28.3. The Morgan fingerprint density at radius 3 is 2.52 bits per heavy atom. The number of fused-ring (bicyclic) bond motifs is 5. The van der Waals surface area contributed by atoms with E-state index in [-0.39, 0.29) is 31.3 Å². The fourth-order valence-electron chi connectivity index (χ4n) is 10.5. The van der Waals surface area contributed by atoms with Crippen molar-refractivity contribution in [3.05, 3.63) is 94.7 Å². The lowest BCUT2D eigenvalue weighted by Gasteiger charge is -2.62. The van der Waals surface area contributed by atoms with Crippen LogP contribution in [0.1, 0.15) is 81.0 Å². The number of allylic oxidation sites excluding steroid dienone is 4. The summed E-state index contributed by atoms with van der Waals surface area (Å²) < 4.78 is 28.0. The molecule has 0 aromatic heterocycles. The molecule has 60 heavy (non-hydrogen) atoms. The third-order valence-corrected chi connectivity index (χ3v) is 13.9. The summed E-state index contributed by atoms with van der Waals surface area (Å²) >= 11 is 0. The van der Waals surface area contributed by atoms with Crippen LogP contribution >= 0.6 is 0 Å². The maximum atomic E-state index is 17.5. The molecule has 0 aliphatic heterocycles. The first kappa shape index (κ1) is 44.4. The fraction of sp³-hybridized carbons (Fsp3) is 0.478. The Kier molecular flexibility index (Phi) is 12.6. The smallest absolute Gasteiger partial charge is 0.323 e. The highest BCUT2D eigenvalue weighted by molar-refractivity contribution is 6.01. The normalized spacial score (nSPS) is 31.6. The Morgan fingerprint density at radius 2 is 1.83 bits per heavy atom. The second kappa shape index (κ2) is 17.1. The summed E-state index contributed by atoms with van der Waals surface area (Å²) in [5.74, 6) is -5.68. The number of ether oxygens (including phenoxy) is 2. The van der Waals surface area contributed by atoms with Crippen LogP contribution in [-0.2, 0) is 40.1 Å². The Labute approximate surface area is 349 Å². The number of amides is 1. The maximum Gasteiger partial charge on any atom is 0.323 e. The summed E-state index contributed by atoms with van der Waals surface area (Å²) in [5, 5.41) is 26.6. The molecule has 0 unspecified atom stereocenters. The topological polar surface area (TPSA) is 221 Å². The Bertz CT molecular complexity index is 2150. The van der Waals surface area contributed by atoms with Gasteiger partial charge in [0, 0.05) is 35.2 Å². The number of Topliss-reactive ketones (excluding diaryl/α,β-unsaturated/α-hetero) is 1. The van der Waals surface area contributed by atoms with Gasteiger partial charge >= 0.3 is 11.9 Å². The van der Waals surface area contributed by atoms with E-state index in [9.17, 15) is 34.2 Å². The van der Waals surface area contributed by atoms with Crippen LogP contribution in [0.4, 0.5) is 10.1 Å². The molecule has 4 aliphatic carbocycles. The van der Waals surface area contributed by atoms with Crippen molar-refractivity contribution in [3.63, 3.8) is 0 Å². The number of carbonyl (C=O) groups is 5. The van der Waals surface area contributed by atoms with Crippen molar-refractivity contribution in [1.29, 1.82) is 0 Å². The monoisotopic (exact) mass is 826 g/mol. The number of anilines is 1. The van der Waals surface area contributed by atoms with Crippen molar-refractivity contribution in [3.8, 4) is 0 Å². The minimum atomic E-state index is -2.13. The average molecular weight is 827 g/mol. The van der Waals surface area contributed by atoms with Crippen LogP contribution in [-0.4, -0.2) is 82.9 Å². The van der Waals surface area contributed by atoms with Crippen LogP contribution in [0.15, 0.2) is 77.5 Å². The molecule has 10 atom stereocenters. The van der Waals surface area contributed by atoms with Gasteiger partial charge < -0.3 is 36.5 Å². The number of aliphatic hydroxyl groups excluding tert-OH is 1. The van der Waals surface area contributed by atoms with E-state index in [1.807, 2.05) is 19.1 Å². The van der Waals surface area contributed by atoms with Crippen LogP contribution in [0.25, 0.3) is 6.08 Å². The van der Waals surface area contributed by atoms with Gasteiger partial charge in [-0.05, 0) is 111 Å². The summed E-state index contributed by atoms with van der Waals surface area (Å²) in [4.78, 5) is 68.5. The van der Waals surface area contributed by atoms with Gasteiger partial charge in [-0.25, -0.2) is 4.39 Å².